The van der Waals surface area contributed by atoms with E-state index in [1.54, 1.807) is 10.9 Å². The Morgan fingerprint density at radius 3 is 2.74 bits per heavy atom. The van der Waals surface area contributed by atoms with Crippen LogP contribution in [0.1, 0.15) is 37.7 Å². The van der Waals surface area contributed by atoms with E-state index < -0.39 is 0 Å². The van der Waals surface area contributed by atoms with E-state index >= 15 is 0 Å². The van der Waals surface area contributed by atoms with Crippen molar-refractivity contribution in [1.29, 1.82) is 0 Å². The van der Waals surface area contributed by atoms with Crippen molar-refractivity contribution in [2.45, 2.75) is 32.8 Å². The standard InChI is InChI=1S/C20H21ClN4OS/c1-20(2,3)18-23-24-19(27)25(18)22-12-14-7-6-9-16(11-14)26-13-15-8-4-5-10-17(15)21/h4-12H,13H2,1-3H3,(H,24,27)/b22-12-. The molecule has 0 bridgehead atoms. The molecule has 1 heterocycles. The second-order valence-electron chi connectivity index (χ2n) is 7.11. The maximum absolute atomic E-state index is 6.17. The van der Waals surface area contributed by atoms with Crippen LogP contribution < -0.4 is 4.74 Å². The van der Waals surface area contributed by atoms with Crippen molar-refractivity contribution in [3.63, 3.8) is 0 Å². The number of nitrogens with one attached hydrogen (secondary N) is 1. The normalized spacial score (nSPS) is 11.9. The highest BCUT2D eigenvalue weighted by atomic mass is 35.5. The van der Waals surface area contributed by atoms with Crippen molar-refractivity contribution in [2.24, 2.45) is 5.10 Å². The number of hydrogen-bond acceptors (Lipinski definition) is 4. The van der Waals surface area contributed by atoms with E-state index in [-0.39, 0.29) is 5.41 Å². The lowest BCUT2D eigenvalue weighted by Gasteiger charge is -2.15. The monoisotopic (exact) mass is 400 g/mol. The molecule has 0 aliphatic heterocycles. The molecule has 0 unspecified atom stereocenters. The summed E-state index contributed by atoms with van der Waals surface area (Å²) in [5.74, 6) is 1.51. The lowest BCUT2D eigenvalue weighted by molar-refractivity contribution is 0.306. The fraction of sp³-hybridized carbons (Fsp3) is 0.250. The zero-order chi connectivity index (χ0) is 19.4. The summed E-state index contributed by atoms with van der Waals surface area (Å²) in [6.45, 7) is 6.59. The predicted molar refractivity (Wildman–Crippen MR) is 111 cm³/mol. The van der Waals surface area contributed by atoms with Crippen molar-refractivity contribution in [2.75, 3.05) is 0 Å². The number of ether oxygens (including phenoxy) is 1. The van der Waals surface area contributed by atoms with Crippen LogP contribution >= 0.6 is 23.8 Å². The van der Waals surface area contributed by atoms with Crippen LogP contribution in [0.3, 0.4) is 0 Å². The molecular formula is C20H21ClN4OS. The Kier molecular flexibility index (Phi) is 5.77. The molecule has 5 nitrogen and oxygen atoms in total. The smallest absolute Gasteiger partial charge is 0.216 e. The molecule has 7 heteroatoms. The van der Waals surface area contributed by atoms with E-state index in [0.717, 1.165) is 22.7 Å². The minimum absolute atomic E-state index is 0.176. The second kappa shape index (κ2) is 8.06. The molecule has 3 aromatic rings. The van der Waals surface area contributed by atoms with Gasteiger partial charge in [-0.05, 0) is 36.0 Å². The van der Waals surface area contributed by atoms with Crippen molar-refractivity contribution < 1.29 is 4.74 Å². The Labute approximate surface area is 168 Å². The Morgan fingerprint density at radius 1 is 1.22 bits per heavy atom. The van der Waals surface area contributed by atoms with Crippen molar-refractivity contribution in [3.05, 3.63) is 75.3 Å². The van der Waals surface area contributed by atoms with Crippen LogP contribution in [0.25, 0.3) is 0 Å². The minimum Gasteiger partial charge on any atom is -0.489 e. The molecule has 0 radical (unpaired) electrons. The lowest BCUT2D eigenvalue weighted by Crippen LogP contribution is -2.17. The van der Waals surface area contributed by atoms with Gasteiger partial charge in [-0.15, -0.1) is 0 Å². The third-order valence-electron chi connectivity index (χ3n) is 3.85. The van der Waals surface area contributed by atoms with Gasteiger partial charge in [-0.3, -0.25) is 5.10 Å². The van der Waals surface area contributed by atoms with Gasteiger partial charge in [-0.1, -0.05) is 62.7 Å². The topological polar surface area (TPSA) is 55.2 Å². The quantitative estimate of drug-likeness (QED) is 0.463. The Hall–Kier alpha value is -2.44. The Morgan fingerprint density at radius 2 is 2.00 bits per heavy atom. The molecule has 0 aliphatic rings. The third kappa shape index (κ3) is 4.84. The van der Waals surface area contributed by atoms with Gasteiger partial charge in [0.2, 0.25) is 4.77 Å². The summed E-state index contributed by atoms with van der Waals surface area (Å²) in [6, 6.07) is 15.3. The molecule has 140 valence electrons. The molecule has 0 spiro atoms. The van der Waals surface area contributed by atoms with Gasteiger partial charge in [0.05, 0.1) is 6.21 Å². The summed E-state index contributed by atoms with van der Waals surface area (Å²) in [5, 5.41) is 12.3. The first kappa shape index (κ1) is 19.3. The number of rotatable bonds is 5. The zero-order valence-electron chi connectivity index (χ0n) is 15.4. The highest BCUT2D eigenvalue weighted by Gasteiger charge is 2.21. The molecule has 0 fully saturated rings. The first-order chi connectivity index (χ1) is 12.8. The summed E-state index contributed by atoms with van der Waals surface area (Å²) >= 11 is 11.5. The van der Waals surface area contributed by atoms with Gasteiger partial charge >= 0.3 is 0 Å². The SMILES string of the molecule is CC(C)(C)c1n[nH]c(=S)n1/N=C\c1cccc(OCc2ccccc2Cl)c1. The van der Waals surface area contributed by atoms with Crippen LogP contribution in [0.5, 0.6) is 5.75 Å². The van der Waals surface area contributed by atoms with Crippen LogP contribution in [0.2, 0.25) is 5.02 Å². The van der Waals surface area contributed by atoms with Gasteiger partial charge < -0.3 is 4.74 Å². The van der Waals surface area contributed by atoms with Gasteiger partial charge in [0, 0.05) is 16.0 Å². The van der Waals surface area contributed by atoms with E-state index in [0.29, 0.717) is 16.4 Å². The summed E-state index contributed by atoms with van der Waals surface area (Å²) < 4.78 is 7.97. The van der Waals surface area contributed by atoms with Crippen LogP contribution in [0, 0.1) is 4.77 Å². The van der Waals surface area contributed by atoms with E-state index in [2.05, 4.69) is 36.1 Å². The van der Waals surface area contributed by atoms with E-state index in [1.165, 1.54) is 0 Å². The maximum atomic E-state index is 6.17. The fourth-order valence-electron chi connectivity index (χ4n) is 2.47. The molecule has 0 saturated heterocycles. The zero-order valence-corrected chi connectivity index (χ0v) is 17.0. The van der Waals surface area contributed by atoms with Crippen molar-refractivity contribution in [1.82, 2.24) is 14.9 Å². The summed E-state index contributed by atoms with van der Waals surface area (Å²) in [6.07, 6.45) is 1.74. The summed E-state index contributed by atoms with van der Waals surface area (Å²) in [7, 11) is 0. The Bertz CT molecular complexity index is 1020. The number of aromatic amines is 1. The van der Waals surface area contributed by atoms with Crippen LogP contribution in [0.4, 0.5) is 0 Å². The molecule has 3 rings (SSSR count). The van der Waals surface area contributed by atoms with Gasteiger partial charge in [-0.25, -0.2) is 0 Å². The van der Waals surface area contributed by atoms with Crippen LogP contribution in [-0.2, 0) is 12.0 Å². The lowest BCUT2D eigenvalue weighted by atomic mass is 9.96. The first-order valence-electron chi connectivity index (χ1n) is 8.53. The van der Waals surface area contributed by atoms with Gasteiger partial charge in [0.1, 0.15) is 12.4 Å². The number of aromatic nitrogens is 3. The van der Waals surface area contributed by atoms with Gasteiger partial charge in [-0.2, -0.15) is 14.9 Å². The second-order valence-corrected chi connectivity index (χ2v) is 7.91. The molecule has 2 aromatic carbocycles. The molecule has 1 N–H and O–H groups in total. The molecule has 0 amide bonds. The average molecular weight is 401 g/mol. The highest BCUT2D eigenvalue weighted by Crippen LogP contribution is 2.21. The number of nitrogens with zero attached hydrogens (tertiary/aromatic N) is 3. The molecule has 27 heavy (non-hydrogen) atoms. The van der Waals surface area contributed by atoms with Crippen LogP contribution in [0.15, 0.2) is 53.6 Å². The van der Waals surface area contributed by atoms with Crippen molar-refractivity contribution >= 4 is 30.0 Å². The third-order valence-corrected chi connectivity index (χ3v) is 4.49. The largest absolute Gasteiger partial charge is 0.489 e. The average Bonchev–Trinajstić information content (AvgIpc) is 3.01. The van der Waals surface area contributed by atoms with E-state index in [1.807, 2.05) is 48.5 Å². The van der Waals surface area contributed by atoms with Gasteiger partial charge in [0.15, 0.2) is 5.82 Å². The number of benzene rings is 2. The first-order valence-corrected chi connectivity index (χ1v) is 9.32. The fourth-order valence-corrected chi connectivity index (χ4v) is 2.84. The summed E-state index contributed by atoms with van der Waals surface area (Å²) in [4.78, 5) is 0. The molecular weight excluding hydrogens is 380 g/mol. The molecule has 0 saturated carbocycles. The molecule has 0 atom stereocenters. The highest BCUT2D eigenvalue weighted by molar-refractivity contribution is 7.71. The van der Waals surface area contributed by atoms with E-state index in [9.17, 15) is 0 Å². The number of H-pyrrole nitrogens is 1. The molecule has 0 aliphatic carbocycles. The number of hydrogen-bond donors (Lipinski definition) is 1. The van der Waals surface area contributed by atoms with Crippen LogP contribution in [-0.4, -0.2) is 21.1 Å². The van der Waals surface area contributed by atoms with Crippen molar-refractivity contribution in [3.8, 4) is 5.75 Å². The number of halogens is 1. The maximum Gasteiger partial charge on any atom is 0.216 e. The minimum atomic E-state index is -0.176. The molecule has 1 aromatic heterocycles. The Balaban J connectivity index is 1.77. The van der Waals surface area contributed by atoms with E-state index in [4.69, 9.17) is 28.6 Å². The summed E-state index contributed by atoms with van der Waals surface area (Å²) in [5.41, 5.74) is 1.66. The predicted octanol–water partition coefficient (Wildman–Crippen LogP) is 5.35. The van der Waals surface area contributed by atoms with Gasteiger partial charge in [0.25, 0.3) is 0 Å².